The first-order valence-corrected chi connectivity index (χ1v) is 10.0. The maximum atomic E-state index is 13.4. The van der Waals surface area contributed by atoms with Crippen molar-refractivity contribution in [3.05, 3.63) is 68.8 Å². The minimum atomic E-state index is -0.339. The quantitative estimate of drug-likeness (QED) is 0.664. The van der Waals surface area contributed by atoms with E-state index < -0.39 is 0 Å². The van der Waals surface area contributed by atoms with Gasteiger partial charge in [-0.1, -0.05) is 41.4 Å². The van der Waals surface area contributed by atoms with Crippen LogP contribution < -0.4 is 4.90 Å². The zero-order valence-electron chi connectivity index (χ0n) is 15.8. The lowest BCUT2D eigenvalue weighted by molar-refractivity contribution is -0.120. The number of carbonyl (C=O) groups is 2. The highest BCUT2D eigenvalue weighted by Gasteiger charge is 2.43. The van der Waals surface area contributed by atoms with Crippen molar-refractivity contribution < 1.29 is 9.59 Å². The van der Waals surface area contributed by atoms with Gasteiger partial charge in [-0.25, -0.2) is 4.90 Å². The van der Waals surface area contributed by atoms with Crippen LogP contribution in [0.25, 0.3) is 5.57 Å². The molecule has 0 aromatic heterocycles. The van der Waals surface area contributed by atoms with Gasteiger partial charge in [0.15, 0.2) is 0 Å². The van der Waals surface area contributed by atoms with E-state index in [-0.39, 0.29) is 11.8 Å². The van der Waals surface area contributed by atoms with Gasteiger partial charge in [-0.05, 0) is 61.6 Å². The maximum Gasteiger partial charge on any atom is 0.282 e. The summed E-state index contributed by atoms with van der Waals surface area (Å²) in [6.07, 6.45) is 2.02. The number of halogens is 2. The van der Waals surface area contributed by atoms with Crippen LogP contribution in [-0.4, -0.2) is 29.8 Å². The lowest BCUT2D eigenvalue weighted by Crippen LogP contribution is -2.34. The number of nitrogens with zero attached hydrogens (tertiary/aromatic N) is 2. The molecule has 2 heterocycles. The molecular formula is C22H20Cl2N2O2. The molecule has 0 unspecified atom stereocenters. The van der Waals surface area contributed by atoms with Crippen molar-refractivity contribution in [1.29, 1.82) is 0 Å². The number of benzene rings is 2. The van der Waals surface area contributed by atoms with E-state index in [9.17, 15) is 9.59 Å². The second kappa shape index (κ2) is 7.26. The number of anilines is 1. The highest BCUT2D eigenvalue weighted by atomic mass is 35.5. The molecule has 4 nitrogen and oxygen atoms in total. The van der Waals surface area contributed by atoms with Crippen molar-refractivity contribution in [2.45, 2.75) is 26.7 Å². The molecule has 144 valence electrons. The molecule has 0 bridgehead atoms. The molecule has 0 aliphatic carbocycles. The van der Waals surface area contributed by atoms with Gasteiger partial charge >= 0.3 is 0 Å². The lowest BCUT2D eigenvalue weighted by atomic mass is 9.99. The minimum absolute atomic E-state index is 0.321. The number of hydrogen-bond acceptors (Lipinski definition) is 3. The van der Waals surface area contributed by atoms with Gasteiger partial charge in [-0.3, -0.25) is 9.59 Å². The molecule has 2 aliphatic heterocycles. The van der Waals surface area contributed by atoms with Crippen LogP contribution in [0.4, 0.5) is 5.69 Å². The van der Waals surface area contributed by atoms with E-state index in [2.05, 4.69) is 0 Å². The zero-order chi connectivity index (χ0) is 20.0. The van der Waals surface area contributed by atoms with E-state index in [0.717, 1.165) is 42.6 Å². The van der Waals surface area contributed by atoms with Crippen molar-refractivity contribution >= 4 is 46.3 Å². The summed E-state index contributed by atoms with van der Waals surface area (Å²) in [5.41, 5.74) is 4.30. The SMILES string of the molecule is Cc1ccc(C2=C(N3CCCC3)C(=O)N(c3cc(Cl)cc(Cl)c3)C2=O)cc1C. The Balaban J connectivity index is 1.87. The minimum Gasteiger partial charge on any atom is -0.366 e. The number of likely N-dealkylation sites (tertiary alicyclic amines) is 1. The molecule has 0 N–H and O–H groups in total. The van der Waals surface area contributed by atoms with Crippen molar-refractivity contribution in [1.82, 2.24) is 4.90 Å². The molecule has 0 saturated carbocycles. The van der Waals surface area contributed by atoms with Crippen LogP contribution in [0.2, 0.25) is 10.0 Å². The van der Waals surface area contributed by atoms with Gasteiger partial charge < -0.3 is 4.90 Å². The van der Waals surface area contributed by atoms with Crippen LogP contribution in [0.15, 0.2) is 42.1 Å². The fraction of sp³-hybridized carbons (Fsp3) is 0.273. The molecule has 2 aromatic carbocycles. The Hall–Kier alpha value is -2.30. The molecule has 0 radical (unpaired) electrons. The second-order valence-electron chi connectivity index (χ2n) is 7.29. The van der Waals surface area contributed by atoms with Crippen LogP contribution in [-0.2, 0) is 9.59 Å². The summed E-state index contributed by atoms with van der Waals surface area (Å²) in [6, 6.07) is 10.6. The summed E-state index contributed by atoms with van der Waals surface area (Å²) in [6.45, 7) is 5.57. The van der Waals surface area contributed by atoms with E-state index in [1.165, 1.54) is 4.90 Å². The topological polar surface area (TPSA) is 40.6 Å². The highest BCUT2D eigenvalue weighted by molar-refractivity contribution is 6.46. The summed E-state index contributed by atoms with van der Waals surface area (Å²) in [5.74, 6) is -0.660. The highest BCUT2D eigenvalue weighted by Crippen LogP contribution is 2.38. The number of aryl methyl sites for hydroxylation is 2. The van der Waals surface area contributed by atoms with E-state index in [0.29, 0.717) is 27.0 Å². The van der Waals surface area contributed by atoms with Gasteiger partial charge in [-0.15, -0.1) is 0 Å². The molecule has 2 amide bonds. The number of amides is 2. The fourth-order valence-corrected chi connectivity index (χ4v) is 4.33. The second-order valence-corrected chi connectivity index (χ2v) is 8.16. The molecule has 1 fully saturated rings. The first-order chi connectivity index (χ1) is 13.4. The van der Waals surface area contributed by atoms with Crippen LogP contribution in [0, 0.1) is 13.8 Å². The average molecular weight is 415 g/mol. The smallest absolute Gasteiger partial charge is 0.282 e. The molecule has 0 spiro atoms. The van der Waals surface area contributed by atoms with Gasteiger partial charge in [0.05, 0.1) is 11.3 Å². The van der Waals surface area contributed by atoms with Gasteiger partial charge in [0.1, 0.15) is 5.70 Å². The third-order valence-electron chi connectivity index (χ3n) is 5.38. The van der Waals surface area contributed by atoms with Gasteiger partial charge in [-0.2, -0.15) is 0 Å². The Labute approximate surface area is 174 Å². The molecule has 4 rings (SSSR count). The van der Waals surface area contributed by atoms with Crippen molar-refractivity contribution in [2.24, 2.45) is 0 Å². The van der Waals surface area contributed by atoms with Crippen LogP contribution in [0.1, 0.15) is 29.5 Å². The number of rotatable bonds is 3. The summed E-state index contributed by atoms with van der Waals surface area (Å²) < 4.78 is 0. The first kappa shape index (κ1) is 19.0. The van der Waals surface area contributed by atoms with Crippen LogP contribution in [0.5, 0.6) is 0 Å². The van der Waals surface area contributed by atoms with E-state index in [1.807, 2.05) is 36.9 Å². The largest absolute Gasteiger partial charge is 0.366 e. The van der Waals surface area contributed by atoms with Gasteiger partial charge in [0, 0.05) is 23.1 Å². The van der Waals surface area contributed by atoms with Crippen molar-refractivity contribution in [3.8, 4) is 0 Å². The number of hydrogen-bond donors (Lipinski definition) is 0. The maximum absolute atomic E-state index is 13.4. The Morgan fingerprint density at radius 1 is 0.821 bits per heavy atom. The Bertz CT molecular complexity index is 1000. The van der Waals surface area contributed by atoms with Crippen molar-refractivity contribution in [3.63, 3.8) is 0 Å². The Kier molecular flexibility index (Phi) is 4.94. The van der Waals surface area contributed by atoms with Crippen LogP contribution in [0.3, 0.4) is 0 Å². The average Bonchev–Trinajstić information content (AvgIpc) is 3.23. The van der Waals surface area contributed by atoms with E-state index >= 15 is 0 Å². The predicted molar refractivity (Wildman–Crippen MR) is 113 cm³/mol. The summed E-state index contributed by atoms with van der Waals surface area (Å²) in [5, 5.41) is 0.760. The summed E-state index contributed by atoms with van der Waals surface area (Å²) >= 11 is 12.2. The molecule has 2 aliphatic rings. The lowest BCUT2D eigenvalue weighted by Gasteiger charge is -2.20. The van der Waals surface area contributed by atoms with Crippen molar-refractivity contribution in [2.75, 3.05) is 18.0 Å². The van der Waals surface area contributed by atoms with E-state index in [4.69, 9.17) is 23.2 Å². The molecular weight excluding hydrogens is 395 g/mol. The zero-order valence-corrected chi connectivity index (χ0v) is 17.3. The van der Waals surface area contributed by atoms with Gasteiger partial charge in [0.25, 0.3) is 11.8 Å². The number of carbonyl (C=O) groups excluding carboxylic acids is 2. The summed E-state index contributed by atoms with van der Waals surface area (Å²) in [4.78, 5) is 30.0. The monoisotopic (exact) mass is 414 g/mol. The Morgan fingerprint density at radius 2 is 1.46 bits per heavy atom. The standard InChI is InChI=1S/C22H20Cl2N2O2/c1-13-5-6-15(9-14(13)2)19-20(25-7-3-4-8-25)22(28)26(21(19)27)18-11-16(23)10-17(24)12-18/h5-6,9-12H,3-4,7-8H2,1-2H3. The molecule has 0 atom stereocenters. The first-order valence-electron chi connectivity index (χ1n) is 9.28. The fourth-order valence-electron chi connectivity index (χ4n) is 3.81. The van der Waals surface area contributed by atoms with Gasteiger partial charge in [0.2, 0.25) is 0 Å². The Morgan fingerprint density at radius 3 is 2.07 bits per heavy atom. The third kappa shape index (κ3) is 3.21. The number of imide groups is 1. The molecule has 1 saturated heterocycles. The predicted octanol–water partition coefficient (Wildman–Crippen LogP) is 4.99. The molecule has 28 heavy (non-hydrogen) atoms. The summed E-state index contributed by atoms with van der Waals surface area (Å²) in [7, 11) is 0. The van der Waals surface area contributed by atoms with E-state index in [1.54, 1.807) is 18.2 Å². The normalized spacial score (nSPS) is 17.3. The molecule has 6 heteroatoms. The third-order valence-corrected chi connectivity index (χ3v) is 5.82. The van der Waals surface area contributed by atoms with Crippen LogP contribution >= 0.6 is 23.2 Å². The molecule has 2 aromatic rings.